The summed E-state index contributed by atoms with van der Waals surface area (Å²) in [6, 6.07) is 0. The molecule has 0 aromatic rings. The fourth-order valence-corrected chi connectivity index (χ4v) is 11.9. The highest BCUT2D eigenvalue weighted by atomic mass is 31.2. The highest BCUT2D eigenvalue weighted by molar-refractivity contribution is 7.47. The Morgan fingerprint density at radius 3 is 0.856 bits per heavy atom. The molecule has 5 atom stereocenters. The van der Waals surface area contributed by atoms with Gasteiger partial charge in [0, 0.05) is 19.3 Å². The number of ether oxygens (including phenoxy) is 4. The zero-order valence-corrected chi connectivity index (χ0v) is 66.7. The van der Waals surface area contributed by atoms with Gasteiger partial charge in [-0.25, -0.2) is 9.13 Å². The van der Waals surface area contributed by atoms with Crippen molar-refractivity contribution in [3.05, 3.63) is 146 Å². The average molecular weight is 1500 g/mol. The molecule has 0 bridgehead atoms. The summed E-state index contributed by atoms with van der Waals surface area (Å²) in [7, 11) is -10.0. The van der Waals surface area contributed by atoms with Crippen LogP contribution in [-0.2, 0) is 65.4 Å². The van der Waals surface area contributed by atoms with E-state index in [9.17, 15) is 43.2 Å². The van der Waals surface area contributed by atoms with Crippen LogP contribution in [0.25, 0.3) is 0 Å². The second-order valence-electron chi connectivity index (χ2n) is 26.2. The molecule has 5 unspecified atom stereocenters. The number of carbonyl (C=O) groups excluding carboxylic acids is 4. The Morgan fingerprint density at radius 1 is 0.288 bits per heavy atom. The van der Waals surface area contributed by atoms with Gasteiger partial charge in [0.05, 0.1) is 32.8 Å². The van der Waals surface area contributed by atoms with Crippen molar-refractivity contribution >= 4 is 39.5 Å². The molecule has 104 heavy (non-hydrogen) atoms. The third-order valence-corrected chi connectivity index (χ3v) is 18.2. The van der Waals surface area contributed by atoms with E-state index in [-0.39, 0.29) is 25.7 Å². The van der Waals surface area contributed by atoms with Gasteiger partial charge in [-0.15, -0.1) is 0 Å². The molecule has 0 aliphatic rings. The molecule has 0 fully saturated rings. The van der Waals surface area contributed by atoms with E-state index in [0.717, 1.165) is 167 Å². The smallest absolute Gasteiger partial charge is 0.462 e. The normalized spacial score (nSPS) is 14.6. The van der Waals surface area contributed by atoms with E-state index < -0.39 is 97.5 Å². The third-order valence-electron chi connectivity index (χ3n) is 16.3. The van der Waals surface area contributed by atoms with Crippen LogP contribution in [-0.4, -0.2) is 96.7 Å². The first-order valence-electron chi connectivity index (χ1n) is 40.1. The average Bonchev–Trinajstić information content (AvgIpc) is 1.21. The molecule has 0 saturated carbocycles. The first kappa shape index (κ1) is 98.9. The fraction of sp³-hybridized carbons (Fsp3) is 0.671. The number of unbranched alkanes of at least 4 members (excludes halogenated alkanes) is 25. The molecule has 19 heteroatoms. The molecule has 0 rings (SSSR count). The second-order valence-corrected chi connectivity index (χ2v) is 29.1. The molecular formula is C85H142O17P2. The van der Waals surface area contributed by atoms with Crippen LogP contribution in [0.3, 0.4) is 0 Å². The van der Waals surface area contributed by atoms with Crippen molar-refractivity contribution in [1.29, 1.82) is 0 Å². The maximum Gasteiger partial charge on any atom is 0.472 e. The Labute approximate surface area is 630 Å². The monoisotopic (exact) mass is 1500 g/mol. The lowest BCUT2D eigenvalue weighted by Crippen LogP contribution is -2.30. The summed E-state index contributed by atoms with van der Waals surface area (Å²) >= 11 is 0. The molecular weight excluding hydrogens is 1350 g/mol. The molecule has 3 N–H and O–H groups in total. The van der Waals surface area contributed by atoms with E-state index in [1.807, 2.05) is 12.2 Å². The van der Waals surface area contributed by atoms with Crippen LogP contribution < -0.4 is 0 Å². The number of hydrogen-bond donors (Lipinski definition) is 3. The lowest BCUT2D eigenvalue weighted by atomic mass is 10.0. The van der Waals surface area contributed by atoms with Crippen molar-refractivity contribution in [2.75, 3.05) is 39.6 Å². The standard InChI is InChI=1S/C85H142O17P2/c1-5-9-13-17-21-25-29-33-37-39-43-45-49-53-57-61-65-69-82(87)95-75-80(101-84(89)71-67-63-59-55-51-47-41-35-31-27-23-19-15-11-7-3)77-99-103(91,92)97-73-79(86)74-98-104(93,94)100-78-81(102-85(90)72-68-64-60-56-52-48-42-36-32-28-24-20-16-12-8-4)76-96-83(88)70-66-62-58-54-50-46-44-40-38-34-30-26-22-18-14-10-6-2/h9-11,13-15,21-23,25-27,33-35,37-38,41,43,45,51,55,63,67,79-81,86H,5-8,12,16-20,24,28-32,36,39-40,42,44,46-50,52-54,56-62,64-66,68-78H2,1-4H3,(H,91,92)(H,93,94)/b13-9-,14-10-,15-11-,25-21-,26-22-,27-23-,37-33-,38-34-,41-35-,45-43-,55-51-,67-63-. The molecule has 0 saturated heterocycles. The number of esters is 4. The van der Waals surface area contributed by atoms with Gasteiger partial charge in [0.25, 0.3) is 0 Å². The van der Waals surface area contributed by atoms with Crippen LogP contribution in [0, 0.1) is 0 Å². The molecule has 594 valence electrons. The zero-order chi connectivity index (χ0) is 76.0. The van der Waals surface area contributed by atoms with Gasteiger partial charge in [-0.2, -0.15) is 0 Å². The molecule has 0 amide bonds. The molecule has 0 radical (unpaired) electrons. The van der Waals surface area contributed by atoms with E-state index in [4.69, 9.17) is 37.0 Å². The number of aliphatic hydroxyl groups excluding tert-OH is 1. The van der Waals surface area contributed by atoms with Crippen molar-refractivity contribution in [3.8, 4) is 0 Å². The topological polar surface area (TPSA) is 237 Å². The summed E-state index contributed by atoms with van der Waals surface area (Å²) in [6.07, 6.45) is 87.1. The largest absolute Gasteiger partial charge is 0.472 e. The predicted molar refractivity (Wildman–Crippen MR) is 427 cm³/mol. The Balaban J connectivity index is 5.45. The summed E-state index contributed by atoms with van der Waals surface area (Å²) in [4.78, 5) is 73.0. The number of rotatable bonds is 74. The lowest BCUT2D eigenvalue weighted by molar-refractivity contribution is -0.161. The van der Waals surface area contributed by atoms with E-state index >= 15 is 0 Å². The summed E-state index contributed by atoms with van der Waals surface area (Å²) in [5.41, 5.74) is 0. The van der Waals surface area contributed by atoms with Crippen LogP contribution in [0.1, 0.15) is 310 Å². The van der Waals surface area contributed by atoms with Gasteiger partial charge in [0.2, 0.25) is 0 Å². The Bertz CT molecular complexity index is 2540. The Kier molecular flexibility index (Phi) is 72.4. The van der Waals surface area contributed by atoms with Gasteiger partial charge < -0.3 is 33.8 Å². The third kappa shape index (κ3) is 75.2. The van der Waals surface area contributed by atoms with E-state index in [0.29, 0.717) is 25.7 Å². The minimum atomic E-state index is -5.01. The van der Waals surface area contributed by atoms with Gasteiger partial charge in [-0.05, 0) is 122 Å². The lowest BCUT2D eigenvalue weighted by Gasteiger charge is -2.21. The van der Waals surface area contributed by atoms with Crippen molar-refractivity contribution in [1.82, 2.24) is 0 Å². The van der Waals surface area contributed by atoms with Crippen LogP contribution in [0.5, 0.6) is 0 Å². The van der Waals surface area contributed by atoms with Gasteiger partial charge >= 0.3 is 39.5 Å². The Morgan fingerprint density at radius 2 is 0.538 bits per heavy atom. The maximum atomic E-state index is 13.1. The highest BCUT2D eigenvalue weighted by Crippen LogP contribution is 2.45. The summed E-state index contributed by atoms with van der Waals surface area (Å²) in [6.45, 7) is 4.40. The molecule has 0 aromatic heterocycles. The van der Waals surface area contributed by atoms with Crippen LogP contribution in [0.4, 0.5) is 0 Å². The first-order valence-corrected chi connectivity index (χ1v) is 43.1. The first-order chi connectivity index (χ1) is 50.7. The summed E-state index contributed by atoms with van der Waals surface area (Å²) in [5.74, 6) is -2.36. The van der Waals surface area contributed by atoms with Gasteiger partial charge in [-0.1, -0.05) is 308 Å². The van der Waals surface area contributed by atoms with Crippen LogP contribution in [0.2, 0.25) is 0 Å². The highest BCUT2D eigenvalue weighted by Gasteiger charge is 2.30. The Hall–Kier alpha value is -5.06. The molecule has 0 aromatic carbocycles. The SMILES string of the molecule is CC/C=C\C/C=C\C/C=C\C/C=C\C/C=C\CC(=O)OC(COC(=O)CCCCCC/C=C\C/C=C\C/C=C\C/C=C\CC)COP(=O)(O)OCC(O)COP(=O)(O)OCC(COC(=O)CCCCCCCCC/C=C\C/C=C\C/C=C\CC)OC(=O)CCCCCCCCCCCCCCCCC. The van der Waals surface area contributed by atoms with Crippen LogP contribution in [0.15, 0.2) is 146 Å². The van der Waals surface area contributed by atoms with Crippen molar-refractivity contribution in [2.45, 2.75) is 329 Å². The minimum Gasteiger partial charge on any atom is -0.462 e. The number of phosphoric acid groups is 2. The molecule has 17 nitrogen and oxygen atoms in total. The number of carbonyl (C=O) groups is 4. The van der Waals surface area contributed by atoms with Gasteiger partial charge in [0.1, 0.15) is 19.3 Å². The number of hydrogen-bond acceptors (Lipinski definition) is 15. The molecule has 0 heterocycles. The zero-order valence-electron chi connectivity index (χ0n) is 64.9. The van der Waals surface area contributed by atoms with Crippen molar-refractivity contribution in [2.24, 2.45) is 0 Å². The number of phosphoric ester groups is 2. The predicted octanol–water partition coefficient (Wildman–Crippen LogP) is 23.4. The van der Waals surface area contributed by atoms with Crippen molar-refractivity contribution in [3.63, 3.8) is 0 Å². The molecule has 0 aliphatic carbocycles. The van der Waals surface area contributed by atoms with Gasteiger partial charge in [0.15, 0.2) is 12.2 Å². The van der Waals surface area contributed by atoms with E-state index in [1.165, 1.54) is 64.2 Å². The quantitative estimate of drug-likeness (QED) is 0.0169. The maximum absolute atomic E-state index is 13.1. The van der Waals surface area contributed by atoms with Crippen LogP contribution >= 0.6 is 15.6 Å². The minimum absolute atomic E-state index is 0.0900. The van der Waals surface area contributed by atoms with E-state index in [1.54, 1.807) is 12.2 Å². The van der Waals surface area contributed by atoms with E-state index in [2.05, 4.69) is 149 Å². The number of aliphatic hydroxyl groups is 1. The number of allylic oxidation sites excluding steroid dienone is 23. The summed E-state index contributed by atoms with van der Waals surface area (Å²) in [5, 5.41) is 10.6. The van der Waals surface area contributed by atoms with Gasteiger partial charge in [-0.3, -0.25) is 37.3 Å². The van der Waals surface area contributed by atoms with Crippen molar-refractivity contribution < 1.29 is 80.2 Å². The fourth-order valence-electron chi connectivity index (χ4n) is 10.4. The summed E-state index contributed by atoms with van der Waals surface area (Å²) < 4.78 is 68.5. The second kappa shape index (κ2) is 76.1. The molecule has 0 aliphatic heterocycles. The molecule has 0 spiro atoms.